The van der Waals surface area contributed by atoms with Gasteiger partial charge in [0.1, 0.15) is 5.75 Å². The molecule has 2 rings (SSSR count). The molecule has 0 fully saturated rings. The van der Waals surface area contributed by atoms with Crippen LogP contribution in [-0.2, 0) is 17.8 Å². The van der Waals surface area contributed by atoms with E-state index in [1.165, 1.54) is 18.7 Å². The summed E-state index contributed by atoms with van der Waals surface area (Å²) in [6.07, 6.45) is 0.658. The molecule has 0 spiro atoms. The van der Waals surface area contributed by atoms with E-state index in [1.54, 1.807) is 18.2 Å². The van der Waals surface area contributed by atoms with Crippen LogP contribution >= 0.6 is 0 Å². The molecule has 92 valence electrons. The minimum absolute atomic E-state index is 0.231. The molecule has 1 aromatic rings. The maximum Gasteiger partial charge on any atom is 0.259 e. The first kappa shape index (κ1) is 11.9. The predicted octanol–water partition coefficient (Wildman–Crippen LogP) is 2.03. The Kier molecular flexibility index (Phi) is 2.81. The first-order chi connectivity index (χ1) is 7.88. The third-order valence-corrected chi connectivity index (χ3v) is 3.00. The minimum Gasteiger partial charge on any atom is -0.508 e. The number of alkyl halides is 1. The molecule has 1 aromatic carbocycles. The molecule has 1 heterocycles. The molecule has 0 saturated heterocycles. The van der Waals surface area contributed by atoms with Gasteiger partial charge in [0.2, 0.25) is 0 Å². The number of carbonyl (C=O) groups is 1. The highest BCUT2D eigenvalue weighted by Crippen LogP contribution is 2.25. The van der Waals surface area contributed by atoms with Crippen LogP contribution in [0.4, 0.5) is 4.39 Å². The monoisotopic (exact) mass is 237 g/mol. The standard InChI is InChI=1S/C13H16FNO2/c1-13(2,14)12(17)15-6-5-9-7-11(16)4-3-10(9)8-15/h3-4,7,16H,5-6,8H2,1-2H3. The van der Waals surface area contributed by atoms with Gasteiger partial charge in [-0.15, -0.1) is 0 Å². The number of hydrogen-bond acceptors (Lipinski definition) is 2. The van der Waals surface area contributed by atoms with Crippen molar-refractivity contribution in [2.45, 2.75) is 32.5 Å². The van der Waals surface area contributed by atoms with Gasteiger partial charge in [-0.05, 0) is 43.5 Å². The van der Waals surface area contributed by atoms with Crippen LogP contribution in [0.1, 0.15) is 25.0 Å². The molecule has 0 unspecified atom stereocenters. The van der Waals surface area contributed by atoms with Gasteiger partial charge in [-0.2, -0.15) is 0 Å². The molecule has 0 saturated carbocycles. The highest BCUT2D eigenvalue weighted by atomic mass is 19.1. The predicted molar refractivity (Wildman–Crippen MR) is 62.4 cm³/mol. The van der Waals surface area contributed by atoms with Crippen LogP contribution in [-0.4, -0.2) is 28.1 Å². The highest BCUT2D eigenvalue weighted by molar-refractivity contribution is 5.84. The lowest BCUT2D eigenvalue weighted by molar-refractivity contribution is -0.142. The van der Waals surface area contributed by atoms with Crippen molar-refractivity contribution in [1.29, 1.82) is 0 Å². The van der Waals surface area contributed by atoms with Crippen LogP contribution in [0, 0.1) is 0 Å². The first-order valence-electron chi connectivity index (χ1n) is 5.67. The number of hydrogen-bond donors (Lipinski definition) is 1. The maximum atomic E-state index is 13.6. The van der Waals surface area contributed by atoms with Gasteiger partial charge >= 0.3 is 0 Å². The second-order valence-corrected chi connectivity index (χ2v) is 4.90. The number of amides is 1. The molecule has 0 radical (unpaired) electrons. The summed E-state index contributed by atoms with van der Waals surface area (Å²) in [7, 11) is 0. The Labute approximate surface area is 99.9 Å². The number of benzene rings is 1. The van der Waals surface area contributed by atoms with Crippen LogP contribution < -0.4 is 0 Å². The number of fused-ring (bicyclic) bond motifs is 1. The van der Waals surface area contributed by atoms with E-state index in [1.807, 2.05) is 0 Å². The smallest absolute Gasteiger partial charge is 0.259 e. The van der Waals surface area contributed by atoms with Crippen molar-refractivity contribution < 1.29 is 14.3 Å². The largest absolute Gasteiger partial charge is 0.508 e. The fourth-order valence-electron chi connectivity index (χ4n) is 2.09. The third kappa shape index (κ3) is 2.40. The molecule has 3 nitrogen and oxygen atoms in total. The van der Waals surface area contributed by atoms with E-state index in [4.69, 9.17) is 0 Å². The van der Waals surface area contributed by atoms with Gasteiger partial charge in [0.15, 0.2) is 5.67 Å². The molecule has 17 heavy (non-hydrogen) atoms. The quantitative estimate of drug-likeness (QED) is 0.811. The number of nitrogens with zero attached hydrogens (tertiary/aromatic N) is 1. The van der Waals surface area contributed by atoms with Crippen LogP contribution in [0.2, 0.25) is 0 Å². The van der Waals surface area contributed by atoms with Crippen molar-refractivity contribution in [3.8, 4) is 5.75 Å². The van der Waals surface area contributed by atoms with E-state index in [9.17, 15) is 14.3 Å². The molecule has 0 aliphatic carbocycles. The molecular weight excluding hydrogens is 221 g/mol. The van der Waals surface area contributed by atoms with E-state index >= 15 is 0 Å². The highest BCUT2D eigenvalue weighted by Gasteiger charge is 2.33. The Bertz CT molecular complexity index is 451. The molecular formula is C13H16FNO2. The van der Waals surface area contributed by atoms with Crippen molar-refractivity contribution >= 4 is 5.91 Å². The topological polar surface area (TPSA) is 40.5 Å². The third-order valence-electron chi connectivity index (χ3n) is 3.00. The van der Waals surface area contributed by atoms with E-state index in [2.05, 4.69) is 0 Å². The van der Waals surface area contributed by atoms with Crippen molar-refractivity contribution in [3.05, 3.63) is 29.3 Å². The molecule has 1 aliphatic heterocycles. The van der Waals surface area contributed by atoms with Gasteiger partial charge in [-0.3, -0.25) is 4.79 Å². The van der Waals surface area contributed by atoms with Crippen molar-refractivity contribution in [2.24, 2.45) is 0 Å². The van der Waals surface area contributed by atoms with E-state index in [-0.39, 0.29) is 5.75 Å². The first-order valence-corrected chi connectivity index (χ1v) is 5.67. The fourth-order valence-corrected chi connectivity index (χ4v) is 2.09. The van der Waals surface area contributed by atoms with Crippen molar-refractivity contribution in [2.75, 3.05) is 6.54 Å². The lowest BCUT2D eigenvalue weighted by Gasteiger charge is -2.32. The fraction of sp³-hybridized carbons (Fsp3) is 0.462. The van der Waals surface area contributed by atoms with Gasteiger partial charge in [-0.1, -0.05) is 6.07 Å². The lowest BCUT2D eigenvalue weighted by Crippen LogP contribution is -2.44. The summed E-state index contributed by atoms with van der Waals surface area (Å²) in [5, 5.41) is 9.35. The average Bonchev–Trinajstić information content (AvgIpc) is 2.26. The number of halogens is 1. The minimum atomic E-state index is -1.82. The Balaban J connectivity index is 2.19. The summed E-state index contributed by atoms with van der Waals surface area (Å²) in [5.41, 5.74) is 0.186. The Hall–Kier alpha value is -1.58. The normalized spacial score (nSPS) is 15.6. The number of rotatable bonds is 1. The van der Waals surface area contributed by atoms with Crippen LogP contribution in [0.5, 0.6) is 5.75 Å². The summed E-state index contributed by atoms with van der Waals surface area (Å²) in [6, 6.07) is 5.08. The summed E-state index contributed by atoms with van der Waals surface area (Å²) in [6.45, 7) is 3.48. The second-order valence-electron chi connectivity index (χ2n) is 4.90. The zero-order valence-electron chi connectivity index (χ0n) is 10.0. The van der Waals surface area contributed by atoms with E-state index in [0.717, 1.165) is 11.1 Å². The molecule has 1 aliphatic rings. The SMILES string of the molecule is CC(C)(F)C(=O)N1CCc2cc(O)ccc2C1. The van der Waals surface area contributed by atoms with Crippen molar-refractivity contribution in [3.63, 3.8) is 0 Å². The van der Waals surface area contributed by atoms with Crippen LogP contribution in [0.3, 0.4) is 0 Å². The maximum absolute atomic E-state index is 13.6. The van der Waals surface area contributed by atoms with Gasteiger partial charge in [0, 0.05) is 13.1 Å². The second kappa shape index (κ2) is 4.02. The Morgan fingerprint density at radius 3 is 2.76 bits per heavy atom. The van der Waals surface area contributed by atoms with Crippen LogP contribution in [0.15, 0.2) is 18.2 Å². The molecule has 0 atom stereocenters. The zero-order valence-corrected chi connectivity index (χ0v) is 10.0. The molecule has 1 amide bonds. The number of phenolic OH excluding ortho intramolecular Hbond substituents is 1. The van der Waals surface area contributed by atoms with Gasteiger partial charge in [0.05, 0.1) is 0 Å². The van der Waals surface area contributed by atoms with Gasteiger partial charge in [0.25, 0.3) is 5.91 Å². The summed E-state index contributed by atoms with van der Waals surface area (Å²) in [4.78, 5) is 13.3. The number of carbonyl (C=O) groups excluding carboxylic acids is 1. The Morgan fingerprint density at radius 1 is 1.41 bits per heavy atom. The van der Waals surface area contributed by atoms with Gasteiger partial charge < -0.3 is 10.0 Å². The summed E-state index contributed by atoms with van der Waals surface area (Å²) >= 11 is 0. The summed E-state index contributed by atoms with van der Waals surface area (Å²) < 4.78 is 13.6. The van der Waals surface area contributed by atoms with Crippen LogP contribution in [0.25, 0.3) is 0 Å². The number of phenols is 1. The zero-order chi connectivity index (χ0) is 12.6. The molecule has 0 aromatic heterocycles. The van der Waals surface area contributed by atoms with E-state index in [0.29, 0.717) is 19.5 Å². The van der Waals surface area contributed by atoms with Gasteiger partial charge in [-0.25, -0.2) is 4.39 Å². The molecule has 4 heteroatoms. The molecule has 1 N–H and O–H groups in total. The Morgan fingerprint density at radius 2 is 2.12 bits per heavy atom. The number of aromatic hydroxyl groups is 1. The molecule has 0 bridgehead atoms. The van der Waals surface area contributed by atoms with E-state index < -0.39 is 11.6 Å². The lowest BCUT2D eigenvalue weighted by atomic mass is 9.98. The summed E-state index contributed by atoms with van der Waals surface area (Å²) in [5.74, 6) is -0.245. The van der Waals surface area contributed by atoms with Crippen molar-refractivity contribution in [1.82, 2.24) is 4.90 Å². The average molecular weight is 237 g/mol.